The van der Waals surface area contributed by atoms with Gasteiger partial charge in [-0.3, -0.25) is 4.79 Å². The van der Waals surface area contributed by atoms with E-state index in [-0.39, 0.29) is 17.9 Å². The Kier molecular flexibility index (Phi) is 6.07. The van der Waals surface area contributed by atoms with E-state index in [1.165, 1.54) is 5.56 Å². The van der Waals surface area contributed by atoms with Gasteiger partial charge in [0.05, 0.1) is 11.7 Å². The Morgan fingerprint density at radius 3 is 2.30 bits per heavy atom. The third-order valence-electron chi connectivity index (χ3n) is 5.85. The zero-order valence-corrected chi connectivity index (χ0v) is 17.6. The predicted octanol–water partition coefficient (Wildman–Crippen LogP) is 4.55. The van der Waals surface area contributed by atoms with Crippen molar-refractivity contribution < 1.29 is 4.79 Å². The molecule has 0 bridgehead atoms. The summed E-state index contributed by atoms with van der Waals surface area (Å²) in [6.45, 7) is 5.74. The van der Waals surface area contributed by atoms with Crippen LogP contribution in [-0.4, -0.2) is 29.2 Å². The molecular weight excluding hydrogens is 372 g/mol. The van der Waals surface area contributed by atoms with Crippen LogP contribution in [0.5, 0.6) is 0 Å². The first-order valence-electron chi connectivity index (χ1n) is 10.6. The standard InChI is InChI=1S/C25H28N4O/c1-18-8-10-20(11-9-18)19(2)26-25(30)22-14-16-29(17-15-22)24-13-12-23(27-28-24)21-6-4-3-5-7-21/h3-13,19,22H,14-17H2,1-2H3,(H,26,30). The van der Waals surface area contributed by atoms with Crippen LogP contribution in [0.4, 0.5) is 5.82 Å². The van der Waals surface area contributed by atoms with Gasteiger partial charge in [0.1, 0.15) is 0 Å². The van der Waals surface area contributed by atoms with Gasteiger partial charge in [0.15, 0.2) is 5.82 Å². The van der Waals surface area contributed by atoms with E-state index < -0.39 is 0 Å². The van der Waals surface area contributed by atoms with Gasteiger partial charge in [-0.1, -0.05) is 60.2 Å². The van der Waals surface area contributed by atoms with E-state index in [1.807, 2.05) is 49.4 Å². The van der Waals surface area contributed by atoms with Crippen molar-refractivity contribution in [3.63, 3.8) is 0 Å². The van der Waals surface area contributed by atoms with Crippen molar-refractivity contribution in [3.8, 4) is 11.3 Å². The minimum absolute atomic E-state index is 0.0209. The number of aryl methyl sites for hydroxylation is 1. The molecule has 2 heterocycles. The molecule has 2 aromatic carbocycles. The highest BCUT2D eigenvalue weighted by Crippen LogP contribution is 2.24. The summed E-state index contributed by atoms with van der Waals surface area (Å²) in [5, 5.41) is 12.0. The molecule has 1 aliphatic heterocycles. The van der Waals surface area contributed by atoms with Gasteiger partial charge in [-0.15, -0.1) is 10.2 Å². The number of aromatic nitrogens is 2. The monoisotopic (exact) mass is 400 g/mol. The van der Waals surface area contributed by atoms with Gasteiger partial charge in [0, 0.05) is 24.6 Å². The zero-order chi connectivity index (χ0) is 20.9. The molecule has 1 unspecified atom stereocenters. The molecule has 1 saturated heterocycles. The fourth-order valence-electron chi connectivity index (χ4n) is 3.90. The summed E-state index contributed by atoms with van der Waals surface area (Å²) in [6, 6.07) is 22.5. The molecule has 1 aromatic heterocycles. The van der Waals surface area contributed by atoms with Crippen molar-refractivity contribution >= 4 is 11.7 Å². The van der Waals surface area contributed by atoms with Crippen molar-refractivity contribution in [1.82, 2.24) is 15.5 Å². The lowest BCUT2D eigenvalue weighted by molar-refractivity contribution is -0.126. The van der Waals surface area contributed by atoms with Gasteiger partial charge in [-0.05, 0) is 44.4 Å². The second kappa shape index (κ2) is 9.08. The highest BCUT2D eigenvalue weighted by atomic mass is 16.1. The van der Waals surface area contributed by atoms with E-state index in [2.05, 4.69) is 51.6 Å². The summed E-state index contributed by atoms with van der Waals surface area (Å²) in [5.41, 5.74) is 4.30. The average Bonchev–Trinajstić information content (AvgIpc) is 2.80. The van der Waals surface area contributed by atoms with Crippen molar-refractivity contribution in [2.45, 2.75) is 32.7 Å². The van der Waals surface area contributed by atoms with Crippen LogP contribution in [0.3, 0.4) is 0 Å². The highest BCUT2D eigenvalue weighted by Gasteiger charge is 2.26. The van der Waals surface area contributed by atoms with Gasteiger partial charge in [0.25, 0.3) is 0 Å². The van der Waals surface area contributed by atoms with E-state index in [9.17, 15) is 4.79 Å². The predicted molar refractivity (Wildman–Crippen MR) is 120 cm³/mol. The Bertz CT molecular complexity index is 962. The number of carbonyl (C=O) groups is 1. The van der Waals surface area contributed by atoms with Crippen LogP contribution in [-0.2, 0) is 4.79 Å². The lowest BCUT2D eigenvalue weighted by Crippen LogP contribution is -2.41. The summed E-state index contributed by atoms with van der Waals surface area (Å²) < 4.78 is 0. The largest absolute Gasteiger partial charge is 0.355 e. The molecule has 3 aromatic rings. The summed E-state index contributed by atoms with van der Waals surface area (Å²) in [4.78, 5) is 15.0. The van der Waals surface area contributed by atoms with Crippen LogP contribution in [0.25, 0.3) is 11.3 Å². The maximum absolute atomic E-state index is 12.7. The molecule has 0 aliphatic carbocycles. The number of amides is 1. The number of anilines is 1. The molecule has 1 fully saturated rings. The number of rotatable bonds is 5. The van der Waals surface area contributed by atoms with Gasteiger partial charge >= 0.3 is 0 Å². The SMILES string of the molecule is Cc1ccc(C(C)NC(=O)C2CCN(c3ccc(-c4ccccc4)nn3)CC2)cc1. The molecular formula is C25H28N4O. The summed E-state index contributed by atoms with van der Waals surface area (Å²) in [7, 11) is 0. The van der Waals surface area contributed by atoms with Gasteiger partial charge in [-0.25, -0.2) is 0 Å². The van der Waals surface area contributed by atoms with Crippen molar-refractivity contribution in [2.24, 2.45) is 5.92 Å². The van der Waals surface area contributed by atoms with Gasteiger partial charge < -0.3 is 10.2 Å². The lowest BCUT2D eigenvalue weighted by atomic mass is 9.95. The average molecular weight is 401 g/mol. The number of hydrogen-bond donors (Lipinski definition) is 1. The second-order valence-electron chi connectivity index (χ2n) is 8.05. The van der Waals surface area contributed by atoms with E-state index in [4.69, 9.17) is 0 Å². The minimum atomic E-state index is 0.0209. The quantitative estimate of drug-likeness (QED) is 0.683. The molecule has 154 valence electrons. The zero-order valence-electron chi connectivity index (χ0n) is 17.6. The normalized spacial score (nSPS) is 15.6. The van der Waals surface area contributed by atoms with Crippen LogP contribution in [0.15, 0.2) is 66.7 Å². The Morgan fingerprint density at radius 1 is 0.967 bits per heavy atom. The van der Waals surface area contributed by atoms with Crippen LogP contribution >= 0.6 is 0 Å². The van der Waals surface area contributed by atoms with Gasteiger partial charge in [-0.2, -0.15) is 0 Å². The molecule has 1 atom stereocenters. The van der Waals surface area contributed by atoms with Crippen LogP contribution in [0.2, 0.25) is 0 Å². The van der Waals surface area contributed by atoms with E-state index in [0.29, 0.717) is 0 Å². The molecule has 1 N–H and O–H groups in total. The summed E-state index contributed by atoms with van der Waals surface area (Å²) in [5.74, 6) is 1.07. The van der Waals surface area contributed by atoms with Crippen LogP contribution in [0.1, 0.15) is 36.9 Å². The first kappa shape index (κ1) is 20.1. The molecule has 0 radical (unpaired) electrons. The number of hydrogen-bond acceptors (Lipinski definition) is 4. The Morgan fingerprint density at radius 2 is 1.67 bits per heavy atom. The Balaban J connectivity index is 1.31. The van der Waals surface area contributed by atoms with E-state index in [1.54, 1.807) is 0 Å². The topological polar surface area (TPSA) is 58.1 Å². The lowest BCUT2D eigenvalue weighted by Gasteiger charge is -2.32. The minimum Gasteiger partial charge on any atom is -0.355 e. The van der Waals surface area contributed by atoms with Crippen LogP contribution in [0, 0.1) is 12.8 Å². The molecule has 1 aliphatic rings. The maximum atomic E-state index is 12.7. The number of carbonyl (C=O) groups excluding carboxylic acids is 1. The molecule has 1 amide bonds. The van der Waals surface area contributed by atoms with E-state index >= 15 is 0 Å². The third-order valence-corrected chi connectivity index (χ3v) is 5.85. The highest BCUT2D eigenvalue weighted by molar-refractivity contribution is 5.79. The number of benzene rings is 2. The van der Waals surface area contributed by atoms with Crippen molar-refractivity contribution in [3.05, 3.63) is 77.9 Å². The summed E-state index contributed by atoms with van der Waals surface area (Å²) in [6.07, 6.45) is 1.66. The molecule has 0 saturated carbocycles. The smallest absolute Gasteiger partial charge is 0.223 e. The van der Waals surface area contributed by atoms with Crippen molar-refractivity contribution in [1.29, 1.82) is 0 Å². The van der Waals surface area contributed by atoms with Crippen molar-refractivity contribution in [2.75, 3.05) is 18.0 Å². The fourth-order valence-corrected chi connectivity index (χ4v) is 3.90. The van der Waals surface area contributed by atoms with Crippen LogP contribution < -0.4 is 10.2 Å². The second-order valence-corrected chi connectivity index (χ2v) is 8.05. The third kappa shape index (κ3) is 4.67. The number of nitrogens with zero attached hydrogens (tertiary/aromatic N) is 3. The molecule has 4 rings (SSSR count). The first-order valence-corrected chi connectivity index (χ1v) is 10.6. The van der Waals surface area contributed by atoms with E-state index in [0.717, 1.165) is 48.6 Å². The first-order chi connectivity index (χ1) is 14.6. The Hall–Kier alpha value is -3.21. The Labute approximate surface area is 178 Å². The number of piperidine rings is 1. The molecule has 0 spiro atoms. The summed E-state index contributed by atoms with van der Waals surface area (Å²) >= 11 is 0. The molecule has 30 heavy (non-hydrogen) atoms. The molecule has 5 nitrogen and oxygen atoms in total. The number of nitrogens with one attached hydrogen (secondary N) is 1. The van der Waals surface area contributed by atoms with Gasteiger partial charge in [0.2, 0.25) is 5.91 Å². The fraction of sp³-hybridized carbons (Fsp3) is 0.320. The molecule has 5 heteroatoms. The maximum Gasteiger partial charge on any atom is 0.223 e.